The van der Waals surface area contributed by atoms with E-state index in [1.807, 2.05) is 0 Å². The van der Waals surface area contributed by atoms with Crippen molar-refractivity contribution in [1.82, 2.24) is 10.2 Å². The Hall–Kier alpha value is -0.0800. The van der Waals surface area contributed by atoms with E-state index in [4.69, 9.17) is 0 Å². The van der Waals surface area contributed by atoms with Gasteiger partial charge in [0.1, 0.15) is 0 Å². The van der Waals surface area contributed by atoms with Gasteiger partial charge in [-0.2, -0.15) is 0 Å². The molecular weight excluding hydrogens is 208 g/mol. The summed E-state index contributed by atoms with van der Waals surface area (Å²) in [6.45, 7) is 12.6. The van der Waals surface area contributed by atoms with Gasteiger partial charge in [0.15, 0.2) is 0 Å². The van der Waals surface area contributed by atoms with Crippen molar-refractivity contribution in [1.29, 1.82) is 0 Å². The molecule has 0 aliphatic carbocycles. The summed E-state index contributed by atoms with van der Waals surface area (Å²) in [4.78, 5) is 2.48. The SMILES string of the molecule is CCCCCN(C)CCCCCNC(C)(C)C. The average Bonchev–Trinajstić information content (AvgIpc) is 2.22. The lowest BCUT2D eigenvalue weighted by molar-refractivity contribution is 0.314. The van der Waals surface area contributed by atoms with Crippen LogP contribution in [-0.4, -0.2) is 37.1 Å². The summed E-state index contributed by atoms with van der Waals surface area (Å²) in [5, 5.41) is 3.54. The van der Waals surface area contributed by atoms with Crippen molar-refractivity contribution in [2.45, 2.75) is 71.8 Å². The third kappa shape index (κ3) is 13.9. The number of hydrogen-bond acceptors (Lipinski definition) is 2. The Balaban J connectivity index is 3.22. The van der Waals surface area contributed by atoms with E-state index in [1.54, 1.807) is 0 Å². The highest BCUT2D eigenvalue weighted by Gasteiger charge is 2.06. The molecule has 0 aromatic rings. The van der Waals surface area contributed by atoms with Crippen molar-refractivity contribution in [2.75, 3.05) is 26.7 Å². The molecule has 0 aromatic carbocycles. The van der Waals surface area contributed by atoms with Crippen LogP contribution in [0.4, 0.5) is 0 Å². The van der Waals surface area contributed by atoms with Crippen LogP contribution in [0.5, 0.6) is 0 Å². The van der Waals surface area contributed by atoms with E-state index in [0.717, 1.165) is 6.54 Å². The molecule has 0 aliphatic rings. The zero-order valence-electron chi connectivity index (χ0n) is 12.8. The van der Waals surface area contributed by atoms with E-state index in [2.05, 4.69) is 45.0 Å². The second-order valence-corrected chi connectivity index (χ2v) is 6.25. The van der Waals surface area contributed by atoms with Gasteiger partial charge in [0.2, 0.25) is 0 Å². The van der Waals surface area contributed by atoms with Crippen LogP contribution in [0.25, 0.3) is 0 Å². The summed E-state index contributed by atoms with van der Waals surface area (Å²) in [6, 6.07) is 0. The minimum absolute atomic E-state index is 0.275. The summed E-state index contributed by atoms with van der Waals surface area (Å²) in [5.74, 6) is 0. The van der Waals surface area contributed by atoms with E-state index >= 15 is 0 Å². The molecule has 0 aromatic heterocycles. The highest BCUT2D eigenvalue weighted by molar-refractivity contribution is 4.69. The number of nitrogens with zero attached hydrogens (tertiary/aromatic N) is 1. The zero-order chi connectivity index (χ0) is 13.1. The summed E-state index contributed by atoms with van der Waals surface area (Å²) in [6.07, 6.45) is 8.06. The Morgan fingerprint density at radius 1 is 0.882 bits per heavy atom. The molecule has 104 valence electrons. The van der Waals surface area contributed by atoms with Crippen LogP contribution < -0.4 is 5.32 Å². The molecule has 0 spiro atoms. The summed E-state index contributed by atoms with van der Waals surface area (Å²) >= 11 is 0. The van der Waals surface area contributed by atoms with Gasteiger partial charge < -0.3 is 10.2 Å². The molecule has 0 aliphatic heterocycles. The van der Waals surface area contributed by atoms with Crippen molar-refractivity contribution in [2.24, 2.45) is 0 Å². The molecule has 0 amide bonds. The highest BCUT2D eigenvalue weighted by Crippen LogP contribution is 2.02. The first-order valence-electron chi connectivity index (χ1n) is 7.39. The molecule has 0 saturated carbocycles. The fourth-order valence-corrected chi connectivity index (χ4v) is 1.89. The standard InChI is InChI=1S/C15H34N2/c1-6-7-10-13-17(5)14-11-8-9-12-16-15(2,3)4/h16H,6-14H2,1-5H3. The van der Waals surface area contributed by atoms with Crippen molar-refractivity contribution >= 4 is 0 Å². The van der Waals surface area contributed by atoms with Gasteiger partial charge in [0.05, 0.1) is 0 Å². The van der Waals surface area contributed by atoms with Gasteiger partial charge in [-0.25, -0.2) is 0 Å². The van der Waals surface area contributed by atoms with Gasteiger partial charge >= 0.3 is 0 Å². The Kier molecular flexibility index (Phi) is 9.85. The van der Waals surface area contributed by atoms with E-state index in [9.17, 15) is 0 Å². The van der Waals surface area contributed by atoms with Crippen molar-refractivity contribution in [3.05, 3.63) is 0 Å². The first kappa shape index (κ1) is 16.9. The maximum atomic E-state index is 3.54. The molecule has 17 heavy (non-hydrogen) atoms. The molecule has 0 radical (unpaired) electrons. The molecule has 0 saturated heterocycles. The Bertz CT molecular complexity index is 161. The molecule has 1 N–H and O–H groups in total. The lowest BCUT2D eigenvalue weighted by Crippen LogP contribution is -2.36. The van der Waals surface area contributed by atoms with E-state index in [1.165, 1.54) is 51.6 Å². The van der Waals surface area contributed by atoms with E-state index < -0.39 is 0 Å². The molecule has 2 nitrogen and oxygen atoms in total. The Morgan fingerprint density at radius 3 is 2.00 bits per heavy atom. The second kappa shape index (κ2) is 9.90. The quantitative estimate of drug-likeness (QED) is 0.588. The van der Waals surface area contributed by atoms with Gasteiger partial charge in [-0.3, -0.25) is 0 Å². The molecule has 0 atom stereocenters. The van der Waals surface area contributed by atoms with E-state index in [-0.39, 0.29) is 5.54 Å². The molecule has 0 bridgehead atoms. The van der Waals surface area contributed by atoms with Crippen LogP contribution in [0.3, 0.4) is 0 Å². The predicted octanol–water partition coefficient (Wildman–Crippen LogP) is 3.67. The monoisotopic (exact) mass is 242 g/mol. The lowest BCUT2D eigenvalue weighted by Gasteiger charge is -2.20. The van der Waals surface area contributed by atoms with Gasteiger partial charge in [0.25, 0.3) is 0 Å². The molecule has 0 heterocycles. The topological polar surface area (TPSA) is 15.3 Å². The van der Waals surface area contributed by atoms with Crippen LogP contribution in [0.15, 0.2) is 0 Å². The molecule has 0 fully saturated rings. The van der Waals surface area contributed by atoms with Crippen molar-refractivity contribution < 1.29 is 0 Å². The van der Waals surface area contributed by atoms with Crippen LogP contribution in [0, 0.1) is 0 Å². The molecular formula is C15H34N2. The van der Waals surface area contributed by atoms with Gasteiger partial charge in [-0.15, -0.1) is 0 Å². The summed E-state index contributed by atoms with van der Waals surface area (Å²) in [7, 11) is 2.25. The second-order valence-electron chi connectivity index (χ2n) is 6.25. The first-order chi connectivity index (χ1) is 7.95. The number of rotatable bonds is 10. The van der Waals surface area contributed by atoms with Crippen LogP contribution >= 0.6 is 0 Å². The fourth-order valence-electron chi connectivity index (χ4n) is 1.89. The van der Waals surface area contributed by atoms with Gasteiger partial charge in [0, 0.05) is 5.54 Å². The van der Waals surface area contributed by atoms with Crippen LogP contribution in [-0.2, 0) is 0 Å². The van der Waals surface area contributed by atoms with Gasteiger partial charge in [-0.1, -0.05) is 26.2 Å². The largest absolute Gasteiger partial charge is 0.312 e. The third-order valence-corrected chi connectivity index (χ3v) is 3.02. The van der Waals surface area contributed by atoms with Crippen molar-refractivity contribution in [3.8, 4) is 0 Å². The minimum atomic E-state index is 0.275. The lowest BCUT2D eigenvalue weighted by atomic mass is 10.1. The van der Waals surface area contributed by atoms with Crippen molar-refractivity contribution in [3.63, 3.8) is 0 Å². The molecule has 2 heteroatoms. The maximum absolute atomic E-state index is 3.54. The zero-order valence-corrected chi connectivity index (χ0v) is 12.8. The number of unbranched alkanes of at least 4 members (excludes halogenated alkanes) is 4. The van der Waals surface area contributed by atoms with Crippen LogP contribution in [0.1, 0.15) is 66.2 Å². The molecule has 0 unspecified atom stereocenters. The van der Waals surface area contributed by atoms with E-state index in [0.29, 0.717) is 0 Å². The number of hydrogen-bond donors (Lipinski definition) is 1. The maximum Gasteiger partial charge on any atom is 0.00965 e. The molecule has 0 rings (SSSR count). The smallest absolute Gasteiger partial charge is 0.00965 e. The van der Waals surface area contributed by atoms with Crippen LogP contribution in [0.2, 0.25) is 0 Å². The third-order valence-electron chi connectivity index (χ3n) is 3.02. The first-order valence-corrected chi connectivity index (χ1v) is 7.39. The highest BCUT2D eigenvalue weighted by atomic mass is 15.1. The normalized spacial score (nSPS) is 12.4. The van der Waals surface area contributed by atoms with Gasteiger partial charge in [-0.05, 0) is 66.7 Å². The minimum Gasteiger partial charge on any atom is -0.312 e. The summed E-state index contributed by atoms with van der Waals surface area (Å²) < 4.78 is 0. The summed E-state index contributed by atoms with van der Waals surface area (Å²) in [5.41, 5.74) is 0.275. The fraction of sp³-hybridized carbons (Fsp3) is 1.00. The Labute approximate surface area is 109 Å². The average molecular weight is 242 g/mol. The predicted molar refractivity (Wildman–Crippen MR) is 78.6 cm³/mol. The number of nitrogens with one attached hydrogen (secondary N) is 1. The Morgan fingerprint density at radius 2 is 1.47 bits per heavy atom.